The molecule has 4 heteroatoms. The molecule has 0 saturated carbocycles. The van der Waals surface area contributed by atoms with Crippen molar-refractivity contribution in [3.8, 4) is 0 Å². The van der Waals surface area contributed by atoms with Crippen molar-refractivity contribution in [3.63, 3.8) is 0 Å². The van der Waals surface area contributed by atoms with Gasteiger partial charge >= 0.3 is 0 Å². The summed E-state index contributed by atoms with van der Waals surface area (Å²) in [5.41, 5.74) is 0.514. The van der Waals surface area contributed by atoms with Crippen molar-refractivity contribution in [1.82, 2.24) is 5.32 Å². The van der Waals surface area contributed by atoms with Crippen LogP contribution in [0.2, 0.25) is 5.02 Å². The Hall–Kier alpha value is -0.670. The van der Waals surface area contributed by atoms with Crippen molar-refractivity contribution in [2.24, 2.45) is 5.92 Å². The van der Waals surface area contributed by atoms with Crippen LogP contribution in [0.3, 0.4) is 0 Å². The number of halogens is 3. The van der Waals surface area contributed by atoms with Gasteiger partial charge in [0.1, 0.15) is 16.7 Å². The Morgan fingerprint density at radius 2 is 2.19 bits per heavy atom. The molecule has 2 rings (SSSR count). The van der Waals surface area contributed by atoms with E-state index in [4.69, 9.17) is 11.6 Å². The number of benzene rings is 1. The van der Waals surface area contributed by atoms with Crippen molar-refractivity contribution in [2.75, 3.05) is 13.1 Å². The number of hydrogen-bond donors (Lipinski definition) is 1. The first kappa shape index (κ1) is 11.8. The van der Waals surface area contributed by atoms with Crippen molar-refractivity contribution in [2.45, 2.75) is 19.3 Å². The first-order valence-corrected chi connectivity index (χ1v) is 5.89. The summed E-state index contributed by atoms with van der Waals surface area (Å²) >= 11 is 5.53. The quantitative estimate of drug-likeness (QED) is 0.790. The van der Waals surface area contributed by atoms with Gasteiger partial charge in [0.2, 0.25) is 0 Å². The van der Waals surface area contributed by atoms with Crippen LogP contribution >= 0.6 is 11.6 Å². The number of nitrogens with one attached hydrogen (secondary N) is 1. The van der Waals surface area contributed by atoms with E-state index in [1.165, 1.54) is 12.1 Å². The van der Waals surface area contributed by atoms with Gasteiger partial charge in [0.25, 0.3) is 0 Å². The van der Waals surface area contributed by atoms with Gasteiger partial charge in [-0.15, -0.1) is 0 Å². The molecule has 16 heavy (non-hydrogen) atoms. The van der Waals surface area contributed by atoms with Crippen LogP contribution in [-0.2, 0) is 6.42 Å². The molecule has 1 atom stereocenters. The van der Waals surface area contributed by atoms with E-state index in [-0.39, 0.29) is 5.02 Å². The molecule has 1 N–H and O–H groups in total. The zero-order chi connectivity index (χ0) is 11.5. The molecule has 1 fully saturated rings. The molecule has 1 aliphatic rings. The van der Waals surface area contributed by atoms with E-state index < -0.39 is 11.6 Å². The van der Waals surface area contributed by atoms with Gasteiger partial charge in [0, 0.05) is 0 Å². The molecule has 0 aromatic heterocycles. The maximum absolute atomic E-state index is 13.6. The largest absolute Gasteiger partial charge is 0.316 e. The molecular weight excluding hydrogens is 232 g/mol. The zero-order valence-corrected chi connectivity index (χ0v) is 9.66. The summed E-state index contributed by atoms with van der Waals surface area (Å²) in [7, 11) is 0. The first-order valence-electron chi connectivity index (χ1n) is 5.51. The van der Waals surface area contributed by atoms with Gasteiger partial charge in [0.05, 0.1) is 0 Å². The summed E-state index contributed by atoms with van der Waals surface area (Å²) in [5, 5.41) is 2.88. The van der Waals surface area contributed by atoms with Gasteiger partial charge in [-0.2, -0.15) is 0 Å². The second kappa shape index (κ2) is 5.11. The highest BCUT2D eigenvalue weighted by molar-refractivity contribution is 6.30. The summed E-state index contributed by atoms with van der Waals surface area (Å²) in [4.78, 5) is 0. The molecule has 1 aromatic rings. The van der Waals surface area contributed by atoms with Gasteiger partial charge in [-0.05, 0) is 49.9 Å². The molecule has 88 valence electrons. The number of hydrogen-bond acceptors (Lipinski definition) is 1. The Morgan fingerprint density at radius 3 is 2.88 bits per heavy atom. The second-order valence-corrected chi connectivity index (χ2v) is 4.63. The average Bonchev–Trinajstić information content (AvgIpc) is 2.31. The molecular formula is C12H14ClF2N. The summed E-state index contributed by atoms with van der Waals surface area (Å²) in [6, 6.07) is 2.72. The minimum atomic E-state index is -0.690. The van der Waals surface area contributed by atoms with Crippen LogP contribution in [0.4, 0.5) is 8.78 Å². The Bertz CT molecular complexity index is 376. The summed E-state index contributed by atoms with van der Waals surface area (Å²) in [6.45, 7) is 1.93. The van der Waals surface area contributed by atoms with E-state index in [0.717, 1.165) is 25.9 Å². The monoisotopic (exact) mass is 245 g/mol. The van der Waals surface area contributed by atoms with E-state index >= 15 is 0 Å². The van der Waals surface area contributed by atoms with Crippen LogP contribution in [0.5, 0.6) is 0 Å². The third kappa shape index (κ3) is 2.53. The third-order valence-electron chi connectivity index (χ3n) is 3.02. The van der Waals surface area contributed by atoms with Crippen molar-refractivity contribution >= 4 is 11.6 Å². The lowest BCUT2D eigenvalue weighted by atomic mass is 9.92. The predicted molar refractivity (Wildman–Crippen MR) is 60.7 cm³/mol. The predicted octanol–water partition coefficient (Wildman–Crippen LogP) is 3.16. The van der Waals surface area contributed by atoms with Crippen molar-refractivity contribution in [1.29, 1.82) is 0 Å². The topological polar surface area (TPSA) is 12.0 Å². The minimum Gasteiger partial charge on any atom is -0.316 e. The average molecular weight is 246 g/mol. The lowest BCUT2D eigenvalue weighted by molar-refractivity contribution is 0.371. The Morgan fingerprint density at radius 1 is 1.38 bits per heavy atom. The highest BCUT2D eigenvalue weighted by Crippen LogP contribution is 2.25. The summed E-state index contributed by atoms with van der Waals surface area (Å²) in [5.74, 6) is -0.873. The molecule has 1 unspecified atom stereocenters. The fourth-order valence-electron chi connectivity index (χ4n) is 2.13. The van der Waals surface area contributed by atoms with Crippen LogP contribution in [0.1, 0.15) is 18.4 Å². The molecule has 1 aromatic carbocycles. The Balaban J connectivity index is 2.11. The SMILES string of the molecule is Fc1ccc(CC2CCCNC2)c(F)c1Cl. The van der Waals surface area contributed by atoms with Crippen LogP contribution in [-0.4, -0.2) is 13.1 Å². The van der Waals surface area contributed by atoms with Gasteiger partial charge in [0.15, 0.2) is 0 Å². The number of piperidine rings is 1. The van der Waals surface area contributed by atoms with E-state index in [9.17, 15) is 8.78 Å². The smallest absolute Gasteiger partial charge is 0.147 e. The normalized spacial score (nSPS) is 21.1. The van der Waals surface area contributed by atoms with E-state index in [1.54, 1.807) is 0 Å². The second-order valence-electron chi connectivity index (χ2n) is 4.25. The molecule has 1 aliphatic heterocycles. The third-order valence-corrected chi connectivity index (χ3v) is 3.37. The van der Waals surface area contributed by atoms with Gasteiger partial charge < -0.3 is 5.32 Å². The lowest BCUT2D eigenvalue weighted by Gasteiger charge is -2.23. The van der Waals surface area contributed by atoms with Crippen molar-refractivity contribution in [3.05, 3.63) is 34.4 Å². The van der Waals surface area contributed by atoms with Crippen LogP contribution in [0, 0.1) is 17.6 Å². The maximum Gasteiger partial charge on any atom is 0.147 e. The van der Waals surface area contributed by atoms with Crippen LogP contribution in [0.25, 0.3) is 0 Å². The van der Waals surface area contributed by atoms with Crippen LogP contribution in [0.15, 0.2) is 12.1 Å². The lowest BCUT2D eigenvalue weighted by Crippen LogP contribution is -2.31. The van der Waals surface area contributed by atoms with Crippen LogP contribution < -0.4 is 5.32 Å². The van der Waals surface area contributed by atoms with E-state index in [0.29, 0.717) is 17.9 Å². The summed E-state index contributed by atoms with van der Waals surface area (Å²) < 4.78 is 26.6. The highest BCUT2D eigenvalue weighted by atomic mass is 35.5. The Labute approximate surface area is 98.8 Å². The molecule has 1 heterocycles. The molecule has 0 amide bonds. The molecule has 0 spiro atoms. The molecule has 1 nitrogen and oxygen atoms in total. The van der Waals surface area contributed by atoms with E-state index in [2.05, 4.69) is 5.32 Å². The highest BCUT2D eigenvalue weighted by Gasteiger charge is 2.18. The molecule has 0 radical (unpaired) electrons. The summed E-state index contributed by atoms with van der Waals surface area (Å²) in [6.07, 6.45) is 2.82. The van der Waals surface area contributed by atoms with Gasteiger partial charge in [-0.1, -0.05) is 17.7 Å². The molecule has 0 bridgehead atoms. The number of rotatable bonds is 2. The molecule has 0 aliphatic carbocycles. The van der Waals surface area contributed by atoms with Gasteiger partial charge in [-0.25, -0.2) is 8.78 Å². The fourth-order valence-corrected chi connectivity index (χ4v) is 2.32. The first-order chi connectivity index (χ1) is 7.68. The minimum absolute atomic E-state index is 0.388. The maximum atomic E-state index is 13.6. The van der Waals surface area contributed by atoms with Crippen molar-refractivity contribution < 1.29 is 8.78 Å². The van der Waals surface area contributed by atoms with E-state index in [1.807, 2.05) is 0 Å². The molecule has 1 saturated heterocycles. The Kier molecular flexibility index (Phi) is 3.77. The fraction of sp³-hybridized carbons (Fsp3) is 0.500. The standard InChI is InChI=1S/C12H14ClF2N/c13-11-10(14)4-3-9(12(11)15)6-8-2-1-5-16-7-8/h3-4,8,16H,1-2,5-7H2. The van der Waals surface area contributed by atoms with Gasteiger partial charge in [-0.3, -0.25) is 0 Å². The zero-order valence-electron chi connectivity index (χ0n) is 8.90.